The SMILES string of the molecule is C=C1c2cc(C)c(C)cc2NC(=O)N1c1ccc(Cl)c(Cl)c1. The highest BCUT2D eigenvalue weighted by atomic mass is 35.5. The number of fused-ring (bicyclic) bond motifs is 1. The average Bonchev–Trinajstić information content (AvgIpc) is 2.45. The first kappa shape index (κ1) is 14.9. The molecule has 112 valence electrons. The van der Waals surface area contributed by atoms with Crippen molar-refractivity contribution in [3.05, 3.63) is 63.6 Å². The van der Waals surface area contributed by atoms with E-state index in [9.17, 15) is 4.79 Å². The molecule has 0 spiro atoms. The number of aryl methyl sites for hydroxylation is 2. The fourth-order valence-corrected chi connectivity index (χ4v) is 2.76. The van der Waals surface area contributed by atoms with E-state index in [0.717, 1.165) is 22.4 Å². The van der Waals surface area contributed by atoms with Crippen LogP contribution < -0.4 is 10.2 Å². The lowest BCUT2D eigenvalue weighted by Gasteiger charge is -2.32. The molecule has 1 aliphatic rings. The van der Waals surface area contributed by atoms with Gasteiger partial charge in [0.15, 0.2) is 0 Å². The Bertz CT molecular complexity index is 815. The van der Waals surface area contributed by atoms with Crippen molar-refractivity contribution in [3.63, 3.8) is 0 Å². The average molecular weight is 333 g/mol. The Hall–Kier alpha value is -1.97. The van der Waals surface area contributed by atoms with Crippen LogP contribution in [0.3, 0.4) is 0 Å². The molecule has 3 nitrogen and oxygen atoms in total. The van der Waals surface area contributed by atoms with Gasteiger partial charge in [-0.3, -0.25) is 4.90 Å². The van der Waals surface area contributed by atoms with Crippen LogP contribution in [0.1, 0.15) is 16.7 Å². The van der Waals surface area contributed by atoms with Gasteiger partial charge in [0, 0.05) is 5.56 Å². The van der Waals surface area contributed by atoms with Crippen LogP contribution in [-0.2, 0) is 0 Å². The number of carbonyl (C=O) groups excluding carboxylic acids is 1. The maximum atomic E-state index is 12.4. The summed E-state index contributed by atoms with van der Waals surface area (Å²) in [6.45, 7) is 8.12. The molecule has 2 amide bonds. The van der Waals surface area contributed by atoms with Crippen LogP contribution in [0.5, 0.6) is 0 Å². The van der Waals surface area contributed by atoms with Crippen molar-refractivity contribution in [2.24, 2.45) is 0 Å². The topological polar surface area (TPSA) is 32.3 Å². The summed E-state index contributed by atoms with van der Waals surface area (Å²) in [4.78, 5) is 13.9. The highest BCUT2D eigenvalue weighted by molar-refractivity contribution is 6.42. The van der Waals surface area contributed by atoms with Crippen molar-refractivity contribution in [2.75, 3.05) is 10.2 Å². The fraction of sp³-hybridized carbons (Fsp3) is 0.118. The molecular formula is C17H14Cl2N2O. The van der Waals surface area contributed by atoms with Gasteiger partial charge in [0.05, 0.1) is 27.1 Å². The van der Waals surface area contributed by atoms with Gasteiger partial charge in [0.2, 0.25) is 0 Å². The molecule has 0 radical (unpaired) electrons. The maximum absolute atomic E-state index is 12.4. The Labute approximate surface area is 139 Å². The molecule has 2 aromatic carbocycles. The molecular weight excluding hydrogens is 319 g/mol. The van der Waals surface area contributed by atoms with Crippen molar-refractivity contribution < 1.29 is 4.79 Å². The summed E-state index contributed by atoms with van der Waals surface area (Å²) < 4.78 is 0. The third-order valence-electron chi connectivity index (χ3n) is 3.82. The number of halogens is 2. The summed E-state index contributed by atoms with van der Waals surface area (Å²) in [5, 5.41) is 3.73. The smallest absolute Gasteiger partial charge is 0.307 e. The van der Waals surface area contributed by atoms with Gasteiger partial charge in [-0.1, -0.05) is 29.8 Å². The number of urea groups is 1. The standard InChI is InChI=1S/C17H14Cl2N2O/c1-9-6-13-11(3)21(12-4-5-14(18)15(19)8-12)17(22)20-16(13)7-10(9)2/h4-8H,3H2,1-2H3,(H,20,22). The summed E-state index contributed by atoms with van der Waals surface area (Å²) in [5.74, 6) is 0. The maximum Gasteiger partial charge on any atom is 0.330 e. The number of hydrogen-bond acceptors (Lipinski definition) is 1. The van der Waals surface area contributed by atoms with E-state index in [1.54, 1.807) is 18.2 Å². The van der Waals surface area contributed by atoms with Crippen molar-refractivity contribution in [3.8, 4) is 0 Å². The number of anilines is 2. The van der Waals surface area contributed by atoms with Crippen LogP contribution in [-0.4, -0.2) is 6.03 Å². The number of nitrogens with one attached hydrogen (secondary N) is 1. The Kier molecular flexibility index (Phi) is 3.63. The second kappa shape index (κ2) is 5.34. The first-order valence-corrected chi connectivity index (χ1v) is 7.51. The highest BCUT2D eigenvalue weighted by Gasteiger charge is 2.28. The van der Waals surface area contributed by atoms with Crippen LogP contribution in [0.25, 0.3) is 5.70 Å². The second-order valence-electron chi connectivity index (χ2n) is 5.29. The lowest BCUT2D eigenvalue weighted by molar-refractivity contribution is 0.259. The molecule has 0 fully saturated rings. The van der Waals surface area contributed by atoms with E-state index in [-0.39, 0.29) is 6.03 Å². The Morgan fingerprint density at radius 3 is 2.41 bits per heavy atom. The third kappa shape index (κ3) is 2.36. The van der Waals surface area contributed by atoms with Gasteiger partial charge >= 0.3 is 6.03 Å². The van der Waals surface area contributed by atoms with E-state index >= 15 is 0 Å². The number of rotatable bonds is 1. The first-order valence-electron chi connectivity index (χ1n) is 6.75. The summed E-state index contributed by atoms with van der Waals surface area (Å²) in [6.07, 6.45) is 0. The molecule has 0 atom stereocenters. The predicted octanol–water partition coefficient (Wildman–Crippen LogP) is 5.63. The number of hydrogen-bond donors (Lipinski definition) is 1. The number of amides is 2. The van der Waals surface area contributed by atoms with E-state index in [4.69, 9.17) is 23.2 Å². The lowest BCUT2D eigenvalue weighted by atomic mass is 10.00. The minimum absolute atomic E-state index is 0.265. The van der Waals surface area contributed by atoms with Crippen molar-refractivity contribution in [2.45, 2.75) is 13.8 Å². The summed E-state index contributed by atoms with van der Waals surface area (Å²) >= 11 is 12.0. The summed E-state index contributed by atoms with van der Waals surface area (Å²) in [6, 6.07) is 8.78. The Balaban J connectivity index is 2.10. The Morgan fingerprint density at radius 2 is 1.73 bits per heavy atom. The molecule has 0 saturated carbocycles. The zero-order valence-corrected chi connectivity index (χ0v) is 13.7. The minimum Gasteiger partial charge on any atom is -0.307 e. The molecule has 0 bridgehead atoms. The van der Waals surface area contributed by atoms with Gasteiger partial charge in [-0.05, 0) is 55.3 Å². The number of carbonyl (C=O) groups is 1. The second-order valence-corrected chi connectivity index (χ2v) is 6.11. The zero-order chi connectivity index (χ0) is 16.0. The summed E-state index contributed by atoms with van der Waals surface area (Å²) in [5.41, 5.74) is 5.17. The molecule has 0 aromatic heterocycles. The molecule has 5 heteroatoms. The van der Waals surface area contributed by atoms with E-state index in [0.29, 0.717) is 21.4 Å². The number of nitrogens with zero attached hydrogens (tertiary/aromatic N) is 1. The molecule has 0 aliphatic carbocycles. The van der Waals surface area contributed by atoms with E-state index in [1.807, 2.05) is 26.0 Å². The largest absolute Gasteiger partial charge is 0.330 e. The van der Waals surface area contributed by atoms with Crippen LogP contribution in [0.4, 0.5) is 16.2 Å². The fourth-order valence-electron chi connectivity index (χ4n) is 2.47. The molecule has 3 rings (SSSR count). The number of benzene rings is 2. The third-order valence-corrected chi connectivity index (χ3v) is 4.56. The predicted molar refractivity (Wildman–Crippen MR) is 92.9 cm³/mol. The highest BCUT2D eigenvalue weighted by Crippen LogP contribution is 2.37. The van der Waals surface area contributed by atoms with E-state index in [2.05, 4.69) is 11.9 Å². The van der Waals surface area contributed by atoms with Crippen molar-refractivity contribution >= 4 is 46.3 Å². The first-order chi connectivity index (χ1) is 10.4. The molecule has 1 heterocycles. The molecule has 0 saturated heterocycles. The minimum atomic E-state index is -0.265. The molecule has 22 heavy (non-hydrogen) atoms. The van der Waals surface area contributed by atoms with Crippen LogP contribution in [0.15, 0.2) is 36.9 Å². The van der Waals surface area contributed by atoms with E-state index < -0.39 is 0 Å². The van der Waals surface area contributed by atoms with Gasteiger partial charge in [0.25, 0.3) is 0 Å². The van der Waals surface area contributed by atoms with E-state index in [1.165, 1.54) is 4.90 Å². The van der Waals surface area contributed by atoms with Gasteiger partial charge in [-0.15, -0.1) is 0 Å². The normalized spacial score (nSPS) is 13.9. The van der Waals surface area contributed by atoms with Gasteiger partial charge < -0.3 is 5.32 Å². The van der Waals surface area contributed by atoms with Crippen LogP contribution >= 0.6 is 23.2 Å². The quantitative estimate of drug-likeness (QED) is 0.720. The summed E-state index contributed by atoms with van der Waals surface area (Å²) in [7, 11) is 0. The molecule has 2 aromatic rings. The van der Waals surface area contributed by atoms with Gasteiger partial charge in [-0.2, -0.15) is 0 Å². The van der Waals surface area contributed by atoms with Crippen LogP contribution in [0.2, 0.25) is 10.0 Å². The molecule has 0 unspecified atom stereocenters. The lowest BCUT2D eigenvalue weighted by Crippen LogP contribution is -2.37. The Morgan fingerprint density at radius 1 is 1.05 bits per heavy atom. The van der Waals surface area contributed by atoms with Gasteiger partial charge in [0.1, 0.15) is 0 Å². The van der Waals surface area contributed by atoms with Gasteiger partial charge in [-0.25, -0.2) is 4.79 Å². The van der Waals surface area contributed by atoms with Crippen LogP contribution in [0, 0.1) is 13.8 Å². The van der Waals surface area contributed by atoms with Crippen molar-refractivity contribution in [1.29, 1.82) is 0 Å². The zero-order valence-electron chi connectivity index (χ0n) is 12.2. The molecule has 1 aliphatic heterocycles. The monoisotopic (exact) mass is 332 g/mol. The van der Waals surface area contributed by atoms with Crippen molar-refractivity contribution in [1.82, 2.24) is 0 Å². The molecule has 1 N–H and O–H groups in total.